The van der Waals surface area contributed by atoms with Gasteiger partial charge in [0.25, 0.3) is 0 Å². The van der Waals surface area contributed by atoms with Gasteiger partial charge in [0, 0.05) is 19.5 Å². The van der Waals surface area contributed by atoms with Crippen LogP contribution in [-0.2, 0) is 19.5 Å². The number of aryl methyl sites for hydroxylation is 1. The first kappa shape index (κ1) is 13.8. The quantitative estimate of drug-likeness (QED) is 0.777. The molecule has 0 aliphatic carbocycles. The minimum atomic E-state index is 0.584. The summed E-state index contributed by atoms with van der Waals surface area (Å²) in [7, 11) is 0. The van der Waals surface area contributed by atoms with Gasteiger partial charge in [-0.25, -0.2) is 4.98 Å². The molecule has 1 aromatic heterocycles. The van der Waals surface area contributed by atoms with Crippen LogP contribution >= 0.6 is 0 Å². The summed E-state index contributed by atoms with van der Waals surface area (Å²) in [6.45, 7) is 3.63. The molecule has 3 nitrogen and oxygen atoms in total. The van der Waals surface area contributed by atoms with Crippen molar-refractivity contribution in [3.05, 3.63) is 65.5 Å². The van der Waals surface area contributed by atoms with Gasteiger partial charge in [0.15, 0.2) is 0 Å². The molecule has 2 aromatic carbocycles. The van der Waals surface area contributed by atoms with E-state index in [1.54, 1.807) is 0 Å². The van der Waals surface area contributed by atoms with Gasteiger partial charge in [0.05, 0.1) is 11.0 Å². The van der Waals surface area contributed by atoms with E-state index < -0.39 is 0 Å². The zero-order valence-electron chi connectivity index (χ0n) is 12.4. The number of benzene rings is 2. The molecule has 21 heavy (non-hydrogen) atoms. The highest BCUT2D eigenvalue weighted by atomic mass is 15.1. The summed E-state index contributed by atoms with van der Waals surface area (Å²) in [5.41, 5.74) is 10.5. The number of hydrogen-bond donors (Lipinski definition) is 1. The molecule has 0 bridgehead atoms. The molecule has 2 N–H and O–H groups in total. The van der Waals surface area contributed by atoms with E-state index in [1.165, 1.54) is 16.6 Å². The van der Waals surface area contributed by atoms with Gasteiger partial charge in [-0.2, -0.15) is 0 Å². The summed E-state index contributed by atoms with van der Waals surface area (Å²) in [4.78, 5) is 4.78. The number of para-hydroxylation sites is 2. The van der Waals surface area contributed by atoms with Crippen molar-refractivity contribution in [2.45, 2.75) is 32.9 Å². The molecule has 0 radical (unpaired) electrons. The predicted molar refractivity (Wildman–Crippen MR) is 87.2 cm³/mol. The lowest BCUT2D eigenvalue weighted by Gasteiger charge is -2.10. The maximum absolute atomic E-state index is 5.74. The average molecular weight is 279 g/mol. The lowest BCUT2D eigenvalue weighted by Crippen LogP contribution is -2.06. The number of imidazole rings is 1. The van der Waals surface area contributed by atoms with E-state index >= 15 is 0 Å². The Labute approximate surface area is 125 Å². The smallest absolute Gasteiger partial charge is 0.110 e. The molecule has 0 aliphatic rings. The molecule has 0 fully saturated rings. The molecule has 0 saturated carbocycles. The third-order valence-corrected chi connectivity index (χ3v) is 3.77. The minimum absolute atomic E-state index is 0.584. The largest absolute Gasteiger partial charge is 0.326 e. The molecular formula is C18H21N3. The van der Waals surface area contributed by atoms with Gasteiger partial charge in [-0.1, -0.05) is 43.3 Å². The van der Waals surface area contributed by atoms with Gasteiger partial charge in [-0.3, -0.25) is 0 Å². The van der Waals surface area contributed by atoms with Gasteiger partial charge < -0.3 is 10.3 Å². The van der Waals surface area contributed by atoms with Gasteiger partial charge in [-0.15, -0.1) is 0 Å². The molecule has 0 amide bonds. The molecule has 3 heteroatoms. The number of nitrogens with zero attached hydrogens (tertiary/aromatic N) is 2. The monoisotopic (exact) mass is 279 g/mol. The molecule has 0 unspecified atom stereocenters. The number of aromatic nitrogens is 2. The Bertz CT molecular complexity index is 743. The summed E-state index contributed by atoms with van der Waals surface area (Å²) >= 11 is 0. The highest BCUT2D eigenvalue weighted by Crippen LogP contribution is 2.19. The van der Waals surface area contributed by atoms with E-state index in [2.05, 4.69) is 54.0 Å². The summed E-state index contributed by atoms with van der Waals surface area (Å²) in [5.74, 6) is 1.16. The van der Waals surface area contributed by atoms with Gasteiger partial charge in [0.2, 0.25) is 0 Å². The second-order valence-electron chi connectivity index (χ2n) is 5.38. The van der Waals surface area contributed by atoms with Crippen LogP contribution < -0.4 is 5.73 Å². The van der Waals surface area contributed by atoms with E-state index in [0.29, 0.717) is 6.54 Å². The predicted octanol–water partition coefficient (Wildman–Crippen LogP) is 3.50. The lowest BCUT2D eigenvalue weighted by molar-refractivity contribution is 0.721. The van der Waals surface area contributed by atoms with Gasteiger partial charge >= 0.3 is 0 Å². The maximum Gasteiger partial charge on any atom is 0.110 e. The molecular weight excluding hydrogens is 258 g/mol. The number of hydrogen-bond acceptors (Lipinski definition) is 2. The van der Waals surface area contributed by atoms with E-state index in [9.17, 15) is 0 Å². The Balaban J connectivity index is 2.03. The Morgan fingerprint density at radius 2 is 1.86 bits per heavy atom. The lowest BCUT2D eigenvalue weighted by atomic mass is 10.1. The Hall–Kier alpha value is -2.13. The molecule has 0 saturated heterocycles. The van der Waals surface area contributed by atoms with Crippen LogP contribution in [0.2, 0.25) is 0 Å². The first-order chi connectivity index (χ1) is 10.3. The van der Waals surface area contributed by atoms with Crippen LogP contribution in [0.15, 0.2) is 48.5 Å². The van der Waals surface area contributed by atoms with E-state index in [4.69, 9.17) is 10.7 Å². The highest BCUT2D eigenvalue weighted by Gasteiger charge is 2.10. The van der Waals surface area contributed by atoms with Crippen LogP contribution in [0.1, 0.15) is 30.3 Å². The van der Waals surface area contributed by atoms with Crippen LogP contribution in [0.25, 0.3) is 11.0 Å². The topological polar surface area (TPSA) is 43.8 Å². The molecule has 0 spiro atoms. The van der Waals surface area contributed by atoms with Crippen molar-refractivity contribution < 1.29 is 0 Å². The zero-order valence-corrected chi connectivity index (χ0v) is 12.4. The maximum atomic E-state index is 5.74. The van der Waals surface area contributed by atoms with Crippen molar-refractivity contribution in [2.75, 3.05) is 0 Å². The second-order valence-corrected chi connectivity index (χ2v) is 5.38. The van der Waals surface area contributed by atoms with Crippen LogP contribution in [0.4, 0.5) is 0 Å². The summed E-state index contributed by atoms with van der Waals surface area (Å²) < 4.78 is 2.33. The minimum Gasteiger partial charge on any atom is -0.326 e. The van der Waals surface area contributed by atoms with Crippen molar-refractivity contribution in [1.82, 2.24) is 9.55 Å². The van der Waals surface area contributed by atoms with E-state index in [-0.39, 0.29) is 0 Å². The van der Waals surface area contributed by atoms with Crippen LogP contribution in [0, 0.1) is 0 Å². The fourth-order valence-electron chi connectivity index (χ4n) is 2.75. The first-order valence-corrected chi connectivity index (χ1v) is 7.54. The third kappa shape index (κ3) is 2.83. The van der Waals surface area contributed by atoms with Gasteiger partial charge in [0.1, 0.15) is 5.82 Å². The number of nitrogens with two attached hydrogens (primary N) is 1. The van der Waals surface area contributed by atoms with Crippen molar-refractivity contribution >= 4 is 11.0 Å². The zero-order chi connectivity index (χ0) is 14.7. The molecule has 3 aromatic rings. The second kappa shape index (κ2) is 6.10. The average Bonchev–Trinajstić information content (AvgIpc) is 2.86. The summed E-state index contributed by atoms with van der Waals surface area (Å²) in [6.07, 6.45) is 2.11. The van der Waals surface area contributed by atoms with Crippen LogP contribution in [0.5, 0.6) is 0 Å². The molecule has 0 aliphatic heterocycles. The number of fused-ring (bicyclic) bond motifs is 1. The van der Waals surface area contributed by atoms with E-state index in [0.717, 1.165) is 30.7 Å². The molecule has 1 heterocycles. The van der Waals surface area contributed by atoms with Crippen molar-refractivity contribution in [3.63, 3.8) is 0 Å². The molecule has 0 atom stereocenters. The SMILES string of the molecule is CCCc1nc2ccccc2n1Cc1cccc(CN)c1. The summed E-state index contributed by atoms with van der Waals surface area (Å²) in [5, 5.41) is 0. The van der Waals surface area contributed by atoms with Crippen LogP contribution in [0.3, 0.4) is 0 Å². The molecule has 3 rings (SSSR count). The fourth-order valence-corrected chi connectivity index (χ4v) is 2.75. The van der Waals surface area contributed by atoms with E-state index in [1.807, 2.05) is 6.07 Å². The van der Waals surface area contributed by atoms with Crippen molar-refractivity contribution in [3.8, 4) is 0 Å². The normalized spacial score (nSPS) is 11.1. The van der Waals surface area contributed by atoms with Crippen molar-refractivity contribution in [2.24, 2.45) is 5.73 Å². The Morgan fingerprint density at radius 1 is 1.05 bits per heavy atom. The standard InChI is InChI=1S/C18H21N3/c1-2-6-18-20-16-9-3-4-10-17(16)21(18)13-15-8-5-7-14(11-15)12-19/h3-5,7-11H,2,6,12-13,19H2,1H3. The Morgan fingerprint density at radius 3 is 2.67 bits per heavy atom. The molecule has 108 valence electrons. The third-order valence-electron chi connectivity index (χ3n) is 3.77. The van der Waals surface area contributed by atoms with Gasteiger partial charge in [-0.05, 0) is 29.7 Å². The Kier molecular flexibility index (Phi) is 4.02. The number of rotatable bonds is 5. The van der Waals surface area contributed by atoms with Crippen molar-refractivity contribution in [1.29, 1.82) is 0 Å². The summed E-state index contributed by atoms with van der Waals surface area (Å²) in [6, 6.07) is 16.8. The van der Waals surface area contributed by atoms with Crippen LogP contribution in [-0.4, -0.2) is 9.55 Å². The first-order valence-electron chi connectivity index (χ1n) is 7.54. The highest BCUT2D eigenvalue weighted by molar-refractivity contribution is 5.76. The fraction of sp³-hybridized carbons (Fsp3) is 0.278.